The van der Waals surface area contributed by atoms with Crippen LogP contribution in [0.1, 0.15) is 28.5 Å². The Morgan fingerprint density at radius 3 is 2.30 bits per heavy atom. The van der Waals surface area contributed by atoms with E-state index in [0.29, 0.717) is 0 Å². The largest absolute Gasteiger partial charge is 0.323 e. The molecule has 0 aliphatic carbocycles. The fourth-order valence-electron chi connectivity index (χ4n) is 0.967. The minimum Gasteiger partial charge on any atom is -0.323 e. The molecule has 0 saturated heterocycles. The summed E-state index contributed by atoms with van der Waals surface area (Å²) < 4.78 is 0. The minimum absolute atomic E-state index is 0.0740. The van der Waals surface area contributed by atoms with E-state index in [9.17, 15) is 0 Å². The van der Waals surface area contributed by atoms with E-state index in [1.54, 1.807) is 11.3 Å². The molecule has 0 spiro atoms. The quantitative estimate of drug-likeness (QED) is 0.673. The highest BCUT2D eigenvalue weighted by molar-refractivity contribution is 7.11. The maximum Gasteiger partial charge on any atom is 0.0900 e. The summed E-state index contributed by atoms with van der Waals surface area (Å²) in [5.41, 5.74) is 6.72. The van der Waals surface area contributed by atoms with Gasteiger partial charge in [-0.05, 0) is 20.8 Å². The first-order chi connectivity index (χ1) is 4.61. The molecule has 0 aliphatic rings. The monoisotopic (exact) mass is 156 g/mol. The van der Waals surface area contributed by atoms with Crippen molar-refractivity contribution in [1.82, 2.24) is 4.98 Å². The van der Waals surface area contributed by atoms with Crippen LogP contribution in [-0.2, 0) is 0 Å². The maximum absolute atomic E-state index is 5.67. The predicted octanol–water partition coefficient (Wildman–Crippen LogP) is 1.78. The third-order valence-electron chi connectivity index (χ3n) is 1.37. The topological polar surface area (TPSA) is 38.9 Å². The van der Waals surface area contributed by atoms with Crippen molar-refractivity contribution in [2.24, 2.45) is 5.73 Å². The number of aromatic nitrogens is 1. The van der Waals surface area contributed by atoms with Gasteiger partial charge >= 0.3 is 0 Å². The molecular formula is C7H12N2S. The molecule has 0 bridgehead atoms. The first-order valence-corrected chi connectivity index (χ1v) is 4.12. The zero-order valence-corrected chi connectivity index (χ0v) is 7.33. The molecule has 10 heavy (non-hydrogen) atoms. The summed E-state index contributed by atoms with van der Waals surface area (Å²) in [5.74, 6) is 0. The third kappa shape index (κ3) is 1.36. The molecular weight excluding hydrogens is 144 g/mol. The van der Waals surface area contributed by atoms with Gasteiger partial charge in [-0.3, -0.25) is 0 Å². The van der Waals surface area contributed by atoms with Gasteiger partial charge in [0, 0.05) is 10.9 Å². The van der Waals surface area contributed by atoms with E-state index in [-0.39, 0.29) is 6.04 Å². The van der Waals surface area contributed by atoms with Gasteiger partial charge in [0.1, 0.15) is 0 Å². The van der Waals surface area contributed by atoms with Gasteiger partial charge in [0.25, 0.3) is 0 Å². The molecule has 56 valence electrons. The summed E-state index contributed by atoms with van der Waals surface area (Å²) in [6.45, 7) is 6.02. The van der Waals surface area contributed by atoms with Crippen LogP contribution in [-0.4, -0.2) is 4.98 Å². The number of hydrogen-bond donors (Lipinski definition) is 1. The Morgan fingerprint density at radius 2 is 2.10 bits per heavy atom. The lowest BCUT2D eigenvalue weighted by Crippen LogP contribution is -2.06. The smallest absolute Gasteiger partial charge is 0.0900 e. The maximum atomic E-state index is 5.67. The van der Waals surface area contributed by atoms with E-state index in [0.717, 1.165) is 10.7 Å². The molecule has 1 atom stereocenters. The lowest BCUT2D eigenvalue weighted by atomic mass is 10.2. The number of nitrogens with two attached hydrogens (primary N) is 1. The van der Waals surface area contributed by atoms with Gasteiger partial charge in [-0.25, -0.2) is 4.98 Å². The zero-order valence-electron chi connectivity index (χ0n) is 6.51. The van der Waals surface area contributed by atoms with E-state index < -0.39 is 0 Å². The molecule has 1 aromatic heterocycles. The summed E-state index contributed by atoms with van der Waals surface area (Å²) >= 11 is 1.71. The fourth-order valence-corrected chi connectivity index (χ4v) is 1.89. The van der Waals surface area contributed by atoms with Crippen molar-refractivity contribution < 1.29 is 0 Å². The van der Waals surface area contributed by atoms with Gasteiger partial charge in [-0.15, -0.1) is 11.3 Å². The number of hydrogen-bond acceptors (Lipinski definition) is 3. The second-order valence-electron chi connectivity index (χ2n) is 2.46. The van der Waals surface area contributed by atoms with Crippen LogP contribution in [0.4, 0.5) is 0 Å². The molecule has 0 aromatic carbocycles. The van der Waals surface area contributed by atoms with Crippen LogP contribution in [0.2, 0.25) is 0 Å². The van der Waals surface area contributed by atoms with Crippen LogP contribution in [0.3, 0.4) is 0 Å². The Labute approximate surface area is 65.1 Å². The van der Waals surface area contributed by atoms with E-state index in [2.05, 4.69) is 11.9 Å². The lowest BCUT2D eigenvalue weighted by molar-refractivity contribution is 0.779. The number of aryl methyl sites for hydroxylation is 2. The van der Waals surface area contributed by atoms with E-state index in [1.165, 1.54) is 4.88 Å². The van der Waals surface area contributed by atoms with E-state index >= 15 is 0 Å². The third-order valence-corrected chi connectivity index (χ3v) is 2.27. The summed E-state index contributed by atoms with van der Waals surface area (Å²) in [7, 11) is 0. The Hall–Kier alpha value is -0.410. The Morgan fingerprint density at radius 1 is 1.50 bits per heavy atom. The Bertz CT molecular complexity index is 228. The molecule has 0 amide bonds. The van der Waals surface area contributed by atoms with Crippen LogP contribution in [0.5, 0.6) is 0 Å². The second-order valence-corrected chi connectivity index (χ2v) is 3.87. The van der Waals surface area contributed by atoms with Crippen molar-refractivity contribution in [3.63, 3.8) is 0 Å². The van der Waals surface area contributed by atoms with Crippen LogP contribution >= 0.6 is 11.3 Å². The normalized spacial score (nSPS) is 13.6. The minimum atomic E-state index is 0.0740. The lowest BCUT2D eigenvalue weighted by Gasteiger charge is -1.99. The highest BCUT2D eigenvalue weighted by atomic mass is 32.1. The fraction of sp³-hybridized carbons (Fsp3) is 0.571. The molecule has 3 heteroatoms. The summed E-state index contributed by atoms with van der Waals surface area (Å²) in [6, 6.07) is 0.0740. The standard InChI is InChI=1S/C7H12N2S/c1-4(8)7-5(2)10-6(3)9-7/h4H,8H2,1-3H3. The van der Waals surface area contributed by atoms with Gasteiger partial charge < -0.3 is 5.73 Å². The summed E-state index contributed by atoms with van der Waals surface area (Å²) in [5, 5.41) is 1.10. The second kappa shape index (κ2) is 2.68. The van der Waals surface area contributed by atoms with Crippen LogP contribution in [0, 0.1) is 13.8 Å². The average Bonchev–Trinajstić information content (AvgIpc) is 2.10. The van der Waals surface area contributed by atoms with Crippen molar-refractivity contribution in [3.8, 4) is 0 Å². The summed E-state index contributed by atoms with van der Waals surface area (Å²) in [6.07, 6.45) is 0. The van der Waals surface area contributed by atoms with Crippen LogP contribution in [0.15, 0.2) is 0 Å². The van der Waals surface area contributed by atoms with Crippen molar-refractivity contribution in [2.75, 3.05) is 0 Å². The van der Waals surface area contributed by atoms with Crippen molar-refractivity contribution >= 4 is 11.3 Å². The molecule has 0 aliphatic heterocycles. The Kier molecular flexibility index (Phi) is 2.06. The average molecular weight is 156 g/mol. The summed E-state index contributed by atoms with van der Waals surface area (Å²) in [4.78, 5) is 5.55. The van der Waals surface area contributed by atoms with Gasteiger partial charge in [0.05, 0.1) is 10.7 Å². The first-order valence-electron chi connectivity index (χ1n) is 3.30. The highest BCUT2D eigenvalue weighted by Crippen LogP contribution is 2.20. The van der Waals surface area contributed by atoms with Crippen molar-refractivity contribution in [3.05, 3.63) is 15.6 Å². The molecule has 1 heterocycles. The molecule has 0 fully saturated rings. The molecule has 0 saturated carbocycles. The van der Waals surface area contributed by atoms with Gasteiger partial charge in [-0.1, -0.05) is 0 Å². The number of rotatable bonds is 1. The SMILES string of the molecule is Cc1nc(C(C)N)c(C)s1. The van der Waals surface area contributed by atoms with Crippen molar-refractivity contribution in [2.45, 2.75) is 26.8 Å². The predicted molar refractivity (Wildman–Crippen MR) is 44.2 cm³/mol. The van der Waals surface area contributed by atoms with Crippen molar-refractivity contribution in [1.29, 1.82) is 0 Å². The van der Waals surface area contributed by atoms with E-state index in [4.69, 9.17) is 5.73 Å². The number of nitrogens with zero attached hydrogens (tertiary/aromatic N) is 1. The molecule has 2 N–H and O–H groups in total. The van der Waals surface area contributed by atoms with Gasteiger partial charge in [0.2, 0.25) is 0 Å². The Balaban J connectivity index is 3.03. The van der Waals surface area contributed by atoms with E-state index in [1.807, 2.05) is 13.8 Å². The molecule has 1 unspecified atom stereocenters. The van der Waals surface area contributed by atoms with Crippen LogP contribution in [0.25, 0.3) is 0 Å². The zero-order chi connectivity index (χ0) is 7.72. The first kappa shape index (κ1) is 7.69. The van der Waals surface area contributed by atoms with Gasteiger partial charge in [-0.2, -0.15) is 0 Å². The molecule has 1 rings (SSSR count). The molecule has 1 aromatic rings. The number of thiazole rings is 1. The highest BCUT2D eigenvalue weighted by Gasteiger charge is 2.07. The van der Waals surface area contributed by atoms with Crippen LogP contribution < -0.4 is 5.73 Å². The molecule has 2 nitrogen and oxygen atoms in total. The van der Waals surface area contributed by atoms with Gasteiger partial charge in [0.15, 0.2) is 0 Å². The molecule has 0 radical (unpaired) electrons.